The van der Waals surface area contributed by atoms with Gasteiger partial charge in [0.25, 0.3) is 0 Å². The fraction of sp³-hybridized carbons (Fsp3) is 0.692. The number of benzene rings is 1. The molecule has 14 heteroatoms. The van der Waals surface area contributed by atoms with Crippen LogP contribution in [-0.2, 0) is 14.2 Å². The zero-order valence-electron chi connectivity index (χ0n) is 22.3. The predicted octanol–water partition coefficient (Wildman–Crippen LogP) is 0.847. The number of nitrogens with zero attached hydrogens (tertiary/aromatic N) is 3. The summed E-state index contributed by atoms with van der Waals surface area (Å²) >= 11 is 0. The molecule has 4 fully saturated rings. The van der Waals surface area contributed by atoms with Crippen LogP contribution in [0.4, 0.5) is 10.1 Å². The summed E-state index contributed by atoms with van der Waals surface area (Å²) in [4.78, 5) is 52.8. The Morgan fingerprint density at radius 2 is 1.45 bits per heavy atom. The number of hydrogen-bond acceptors (Lipinski definition) is 8. The van der Waals surface area contributed by atoms with E-state index in [1.807, 2.05) is 0 Å². The van der Waals surface area contributed by atoms with Gasteiger partial charge in [-0.05, 0) is 63.6 Å². The van der Waals surface area contributed by atoms with Crippen LogP contribution in [0.3, 0.4) is 0 Å². The van der Waals surface area contributed by atoms with Gasteiger partial charge in [-0.15, -0.1) is 0 Å². The lowest BCUT2D eigenvalue weighted by Crippen LogP contribution is -2.47. The fourth-order valence-electron chi connectivity index (χ4n) is 6.13. The van der Waals surface area contributed by atoms with Gasteiger partial charge < -0.3 is 34.5 Å². The van der Waals surface area contributed by atoms with Crippen LogP contribution in [0, 0.1) is 17.7 Å². The summed E-state index contributed by atoms with van der Waals surface area (Å²) in [7, 11) is -4.64. The van der Waals surface area contributed by atoms with Crippen LogP contribution in [0.15, 0.2) is 18.2 Å². The third-order valence-corrected chi connectivity index (χ3v) is 8.17. The van der Waals surface area contributed by atoms with Gasteiger partial charge in [-0.3, -0.25) is 19.4 Å². The second kappa shape index (κ2) is 13.2. The summed E-state index contributed by atoms with van der Waals surface area (Å²) in [5.74, 6) is -0.933. The number of aliphatic hydroxyl groups excluding tert-OH is 2. The van der Waals surface area contributed by atoms with Crippen molar-refractivity contribution in [3.63, 3.8) is 0 Å². The zero-order valence-corrected chi connectivity index (χ0v) is 23.2. The third kappa shape index (κ3) is 8.00. The summed E-state index contributed by atoms with van der Waals surface area (Å²) in [5, 5.41) is 19.8. The summed E-state index contributed by atoms with van der Waals surface area (Å²) in [6, 6.07) is 4.77. The first-order valence-corrected chi connectivity index (χ1v) is 15.4. The van der Waals surface area contributed by atoms with Crippen LogP contribution in [0.2, 0.25) is 0 Å². The fourth-order valence-corrected chi connectivity index (χ4v) is 6.13. The molecule has 12 nitrogen and oxygen atoms in total. The predicted molar refractivity (Wildman–Crippen MR) is 142 cm³/mol. The van der Waals surface area contributed by atoms with Crippen molar-refractivity contribution in [1.82, 2.24) is 9.80 Å². The maximum absolute atomic E-state index is 14.0. The highest BCUT2D eigenvalue weighted by atomic mass is 31.2. The lowest BCUT2D eigenvalue weighted by Gasteiger charge is -2.37. The number of halogens is 1. The lowest BCUT2D eigenvalue weighted by atomic mass is 9.78. The number of ether oxygens (including phenoxy) is 1. The number of rotatable bonds is 7. The number of piperazine rings is 1. The Bertz CT molecular complexity index is 1050. The molecule has 1 aromatic rings. The molecule has 0 bridgehead atoms. The van der Waals surface area contributed by atoms with Crippen LogP contribution in [0.1, 0.15) is 44.9 Å². The number of carbonyl (C=O) groups excluding carboxylic acids is 2. The molecule has 2 heterocycles. The van der Waals surface area contributed by atoms with Crippen molar-refractivity contribution in [2.75, 3.05) is 44.2 Å². The molecule has 4 aliphatic rings. The summed E-state index contributed by atoms with van der Waals surface area (Å²) < 4.78 is 29.1. The normalized spacial score (nSPS) is 27.9. The van der Waals surface area contributed by atoms with Crippen molar-refractivity contribution in [1.29, 1.82) is 0 Å². The van der Waals surface area contributed by atoms with Gasteiger partial charge in [0, 0.05) is 38.8 Å². The van der Waals surface area contributed by atoms with Gasteiger partial charge in [-0.25, -0.2) is 8.96 Å². The first-order chi connectivity index (χ1) is 18.9. The van der Waals surface area contributed by atoms with Crippen LogP contribution >= 0.6 is 7.82 Å². The average Bonchev–Trinajstić information content (AvgIpc) is 3.48. The molecule has 2 saturated heterocycles. The van der Waals surface area contributed by atoms with E-state index in [9.17, 15) is 24.2 Å². The standard InChI is InChI=1S/C26H36FN3O5.H3O4P/c27-17-6-7-24(35-18-4-1-2-5-18)21(14-17)29-12-10-28(11-13-29)8-3-9-30-25(33)19-15-22(31)23(32)16-20(19)26(30)34;1-5(2,3)4/h6-7,14,18-20,22-23,31-32H,1-5,8-13,15-16H2;(H3,1,2,3,4). The van der Waals surface area contributed by atoms with Gasteiger partial charge in [-0.2, -0.15) is 0 Å². The Kier molecular flexibility index (Phi) is 10.2. The molecule has 2 aliphatic heterocycles. The lowest BCUT2D eigenvalue weighted by molar-refractivity contribution is -0.140. The van der Waals surface area contributed by atoms with Gasteiger partial charge in [-0.1, -0.05) is 0 Å². The average molecular weight is 588 g/mol. The van der Waals surface area contributed by atoms with Crippen LogP contribution < -0.4 is 9.64 Å². The number of phosphoric acid groups is 1. The van der Waals surface area contributed by atoms with E-state index in [2.05, 4.69) is 9.80 Å². The molecule has 2 aliphatic carbocycles. The van der Waals surface area contributed by atoms with E-state index in [-0.39, 0.29) is 36.6 Å². The van der Waals surface area contributed by atoms with E-state index in [1.54, 1.807) is 12.1 Å². The van der Waals surface area contributed by atoms with Gasteiger partial charge in [0.1, 0.15) is 11.6 Å². The molecule has 4 atom stereocenters. The summed E-state index contributed by atoms with van der Waals surface area (Å²) in [6.45, 7) is 4.26. The van der Waals surface area contributed by atoms with Gasteiger partial charge in [0.05, 0.1) is 35.8 Å². The zero-order chi connectivity index (χ0) is 29.0. The number of hydrogen-bond donors (Lipinski definition) is 5. The number of aliphatic hydroxyl groups is 2. The second-order valence-corrected chi connectivity index (χ2v) is 12.0. The Morgan fingerprint density at radius 3 is 2.00 bits per heavy atom. The second-order valence-electron chi connectivity index (χ2n) is 11.0. The molecule has 0 aromatic heterocycles. The molecule has 224 valence electrons. The molecule has 0 spiro atoms. The Hall–Kier alpha value is -2.12. The van der Waals surface area contributed by atoms with Crippen molar-refractivity contribution in [2.45, 2.75) is 63.3 Å². The van der Waals surface area contributed by atoms with Crippen molar-refractivity contribution >= 4 is 25.3 Å². The number of anilines is 1. The van der Waals surface area contributed by atoms with Crippen molar-refractivity contribution in [3.8, 4) is 5.75 Å². The van der Waals surface area contributed by atoms with E-state index in [4.69, 9.17) is 24.0 Å². The molecule has 2 saturated carbocycles. The maximum atomic E-state index is 14.0. The Balaban J connectivity index is 0.000000681. The molecular weight excluding hydrogens is 548 g/mol. The smallest absolute Gasteiger partial charge is 0.466 e. The minimum absolute atomic E-state index is 0.154. The topological polar surface area (TPSA) is 171 Å². The Labute approximate surface area is 232 Å². The maximum Gasteiger partial charge on any atom is 0.466 e. The van der Waals surface area contributed by atoms with Gasteiger partial charge in [0.2, 0.25) is 11.8 Å². The van der Waals surface area contributed by atoms with Crippen LogP contribution in [0.25, 0.3) is 0 Å². The SMILES string of the molecule is O=C1C2CC(O)C(O)CC2C(=O)N1CCCN1CCN(c2cc(F)ccc2OC2CCCC2)CC1.O=P(O)(O)O. The van der Waals surface area contributed by atoms with E-state index >= 15 is 0 Å². The molecule has 5 N–H and O–H groups in total. The minimum atomic E-state index is -4.64. The highest BCUT2D eigenvalue weighted by molar-refractivity contribution is 7.45. The van der Waals surface area contributed by atoms with Crippen LogP contribution in [-0.4, -0.2) is 104 Å². The highest BCUT2D eigenvalue weighted by Gasteiger charge is 2.51. The number of likely N-dealkylation sites (tertiary alicyclic amines) is 1. The van der Waals surface area contributed by atoms with E-state index in [1.165, 1.54) is 23.8 Å². The first kappa shape index (κ1) is 30.8. The number of imide groups is 1. The Morgan fingerprint density at radius 1 is 0.900 bits per heavy atom. The number of carbonyl (C=O) groups is 2. The number of amides is 2. The molecular formula is C26H39FN3O9P. The highest BCUT2D eigenvalue weighted by Crippen LogP contribution is 2.38. The molecule has 2 amide bonds. The molecule has 1 aromatic carbocycles. The van der Waals surface area contributed by atoms with E-state index < -0.39 is 31.9 Å². The van der Waals surface area contributed by atoms with Crippen molar-refractivity contribution in [3.05, 3.63) is 24.0 Å². The molecule has 40 heavy (non-hydrogen) atoms. The summed E-state index contributed by atoms with van der Waals surface area (Å²) in [5.41, 5.74) is 0.816. The third-order valence-electron chi connectivity index (χ3n) is 8.17. The molecule has 0 radical (unpaired) electrons. The van der Waals surface area contributed by atoms with Gasteiger partial charge >= 0.3 is 7.82 Å². The monoisotopic (exact) mass is 587 g/mol. The summed E-state index contributed by atoms with van der Waals surface area (Å²) in [6.07, 6.45) is 3.79. The van der Waals surface area contributed by atoms with Gasteiger partial charge in [0.15, 0.2) is 0 Å². The van der Waals surface area contributed by atoms with E-state index in [0.29, 0.717) is 13.0 Å². The van der Waals surface area contributed by atoms with Crippen molar-refractivity contribution in [2.24, 2.45) is 11.8 Å². The number of fused-ring (bicyclic) bond motifs is 1. The molecule has 5 rings (SSSR count). The largest absolute Gasteiger partial charge is 0.488 e. The quantitative estimate of drug-likeness (QED) is 0.226. The minimum Gasteiger partial charge on any atom is -0.488 e. The van der Waals surface area contributed by atoms with Crippen LogP contribution in [0.5, 0.6) is 5.75 Å². The van der Waals surface area contributed by atoms with Crippen molar-refractivity contribution < 1.29 is 48.2 Å². The van der Waals surface area contributed by atoms with E-state index in [0.717, 1.165) is 57.0 Å². The first-order valence-electron chi connectivity index (χ1n) is 13.8. The molecule has 4 unspecified atom stereocenters.